The van der Waals surface area contributed by atoms with E-state index in [0.29, 0.717) is 6.61 Å². The van der Waals surface area contributed by atoms with E-state index in [9.17, 15) is 14.4 Å². The number of esters is 1. The molecule has 1 unspecified atom stereocenters. The van der Waals surface area contributed by atoms with E-state index in [0.717, 1.165) is 0 Å². The summed E-state index contributed by atoms with van der Waals surface area (Å²) < 4.78 is 9.77. The van der Waals surface area contributed by atoms with Crippen molar-refractivity contribution in [2.24, 2.45) is 5.41 Å². The monoisotopic (exact) mass is 288 g/mol. The van der Waals surface area contributed by atoms with Gasteiger partial charge in [-0.05, 0) is 13.8 Å². The molecule has 0 aromatic rings. The summed E-state index contributed by atoms with van der Waals surface area (Å²) in [7, 11) is 1.24. The van der Waals surface area contributed by atoms with Crippen molar-refractivity contribution in [2.45, 2.75) is 19.9 Å². The first kappa shape index (κ1) is 16.2. The van der Waals surface area contributed by atoms with E-state index in [2.05, 4.69) is 10.1 Å². The number of carboxylic acid groups (broad SMARTS) is 1. The summed E-state index contributed by atoms with van der Waals surface area (Å²) in [6.45, 7) is 3.62. The van der Waals surface area contributed by atoms with Crippen LogP contribution in [0.4, 0.5) is 4.79 Å². The number of hydrogen-bond donors (Lipinski definition) is 2. The number of nitrogens with zero attached hydrogens (tertiary/aromatic N) is 1. The molecule has 1 atom stereocenters. The van der Waals surface area contributed by atoms with E-state index in [1.165, 1.54) is 25.9 Å². The third-order valence-electron chi connectivity index (χ3n) is 3.12. The molecule has 1 rings (SSSR count). The zero-order chi connectivity index (χ0) is 15.3. The number of amides is 2. The Hall–Kier alpha value is -1.83. The Bertz CT molecular complexity index is 395. The number of methoxy groups -OCH3 is 1. The molecule has 2 N–H and O–H groups in total. The number of carbonyl (C=O) groups is 3. The fourth-order valence-electron chi connectivity index (χ4n) is 1.65. The zero-order valence-corrected chi connectivity index (χ0v) is 11.8. The van der Waals surface area contributed by atoms with Gasteiger partial charge in [0.1, 0.15) is 0 Å². The lowest BCUT2D eigenvalue weighted by Gasteiger charge is -2.34. The van der Waals surface area contributed by atoms with Gasteiger partial charge in [0.2, 0.25) is 0 Å². The number of carbonyl (C=O) groups excluding carboxylic acids is 2. The second-order valence-electron chi connectivity index (χ2n) is 5.16. The quantitative estimate of drug-likeness (QED) is 0.687. The van der Waals surface area contributed by atoms with Crippen LogP contribution in [0.1, 0.15) is 13.8 Å². The van der Waals surface area contributed by atoms with E-state index in [-0.39, 0.29) is 19.7 Å². The van der Waals surface area contributed by atoms with Crippen LogP contribution >= 0.6 is 0 Å². The highest BCUT2D eigenvalue weighted by Gasteiger charge is 2.35. The Morgan fingerprint density at radius 1 is 1.45 bits per heavy atom. The number of morpholine rings is 1. The summed E-state index contributed by atoms with van der Waals surface area (Å²) in [5.41, 5.74) is -1.08. The van der Waals surface area contributed by atoms with Crippen LogP contribution < -0.4 is 5.32 Å². The summed E-state index contributed by atoms with van der Waals surface area (Å²) in [6, 6.07) is -1.31. The molecule has 1 fully saturated rings. The van der Waals surface area contributed by atoms with Crippen molar-refractivity contribution in [1.82, 2.24) is 10.2 Å². The predicted octanol–water partition coefficient (Wildman–Crippen LogP) is -0.319. The van der Waals surface area contributed by atoms with E-state index in [4.69, 9.17) is 9.84 Å². The molecule has 8 heteroatoms. The highest BCUT2D eigenvalue weighted by Crippen LogP contribution is 2.14. The SMILES string of the molecule is COC(=O)C1COCCN1C(=O)NCC(C)(C)C(=O)O. The maximum absolute atomic E-state index is 12.1. The van der Waals surface area contributed by atoms with Gasteiger partial charge in [-0.1, -0.05) is 0 Å². The van der Waals surface area contributed by atoms with Crippen molar-refractivity contribution < 1.29 is 29.0 Å². The Kier molecular flexibility index (Phi) is 5.32. The van der Waals surface area contributed by atoms with Gasteiger partial charge in [0.25, 0.3) is 0 Å². The van der Waals surface area contributed by atoms with E-state index in [1.54, 1.807) is 0 Å². The standard InChI is InChI=1S/C12H20N2O6/c1-12(2,10(16)17)7-13-11(18)14-4-5-20-6-8(14)9(15)19-3/h8H,4-7H2,1-3H3,(H,13,18)(H,16,17). The Morgan fingerprint density at radius 3 is 2.65 bits per heavy atom. The van der Waals surface area contributed by atoms with Gasteiger partial charge in [-0.15, -0.1) is 0 Å². The molecular formula is C12H20N2O6. The first-order valence-corrected chi connectivity index (χ1v) is 6.23. The minimum atomic E-state index is -1.08. The summed E-state index contributed by atoms with van der Waals surface area (Å²) in [4.78, 5) is 35.9. The second-order valence-corrected chi connectivity index (χ2v) is 5.16. The number of carboxylic acids is 1. The minimum absolute atomic E-state index is 0.0353. The molecule has 0 aromatic carbocycles. The number of nitrogens with one attached hydrogen (secondary N) is 1. The van der Waals surface area contributed by atoms with E-state index >= 15 is 0 Å². The molecule has 1 aliphatic heterocycles. The lowest BCUT2D eigenvalue weighted by atomic mass is 9.94. The second kappa shape index (κ2) is 6.56. The van der Waals surface area contributed by atoms with Crippen molar-refractivity contribution in [3.8, 4) is 0 Å². The summed E-state index contributed by atoms with van der Waals surface area (Å²) in [5, 5.41) is 11.5. The van der Waals surface area contributed by atoms with Crippen molar-refractivity contribution in [1.29, 1.82) is 0 Å². The zero-order valence-electron chi connectivity index (χ0n) is 11.8. The molecule has 8 nitrogen and oxygen atoms in total. The van der Waals surface area contributed by atoms with Crippen LogP contribution in [0.25, 0.3) is 0 Å². The van der Waals surface area contributed by atoms with Crippen LogP contribution in [0.2, 0.25) is 0 Å². The first-order chi connectivity index (χ1) is 9.29. The predicted molar refractivity (Wildman–Crippen MR) is 68.1 cm³/mol. The molecule has 0 bridgehead atoms. The van der Waals surface area contributed by atoms with Gasteiger partial charge in [-0.25, -0.2) is 9.59 Å². The number of urea groups is 1. The summed E-state index contributed by atoms with van der Waals surface area (Å²) in [5.74, 6) is -1.57. The molecule has 114 valence electrons. The van der Waals surface area contributed by atoms with E-state index < -0.39 is 29.4 Å². The molecular weight excluding hydrogens is 268 g/mol. The molecule has 0 radical (unpaired) electrons. The number of ether oxygens (including phenoxy) is 2. The van der Waals surface area contributed by atoms with Gasteiger partial charge in [0, 0.05) is 13.1 Å². The van der Waals surface area contributed by atoms with Gasteiger partial charge >= 0.3 is 18.0 Å². The lowest BCUT2D eigenvalue weighted by molar-refractivity contribution is -0.151. The fraction of sp³-hybridized carbons (Fsp3) is 0.750. The Morgan fingerprint density at radius 2 is 2.10 bits per heavy atom. The molecule has 1 heterocycles. The molecule has 2 amide bonds. The number of aliphatic carboxylic acids is 1. The highest BCUT2D eigenvalue weighted by molar-refractivity contribution is 5.84. The molecule has 0 saturated carbocycles. The van der Waals surface area contributed by atoms with E-state index in [1.807, 2.05) is 0 Å². The molecule has 0 aromatic heterocycles. The number of rotatable bonds is 4. The normalized spacial score (nSPS) is 19.4. The highest BCUT2D eigenvalue weighted by atomic mass is 16.5. The number of hydrogen-bond acceptors (Lipinski definition) is 5. The summed E-state index contributed by atoms with van der Waals surface area (Å²) >= 11 is 0. The fourth-order valence-corrected chi connectivity index (χ4v) is 1.65. The third-order valence-corrected chi connectivity index (χ3v) is 3.12. The molecule has 1 aliphatic rings. The Labute approximate surface area is 117 Å². The smallest absolute Gasteiger partial charge is 0.331 e. The van der Waals surface area contributed by atoms with Crippen molar-refractivity contribution in [3.05, 3.63) is 0 Å². The average molecular weight is 288 g/mol. The van der Waals surface area contributed by atoms with Crippen LogP contribution in [-0.4, -0.2) is 67.4 Å². The Balaban J connectivity index is 2.64. The minimum Gasteiger partial charge on any atom is -0.481 e. The van der Waals surface area contributed by atoms with Crippen LogP contribution in [0, 0.1) is 5.41 Å². The lowest BCUT2D eigenvalue weighted by Crippen LogP contribution is -2.57. The third kappa shape index (κ3) is 3.83. The van der Waals surface area contributed by atoms with Gasteiger partial charge in [0.15, 0.2) is 6.04 Å². The average Bonchev–Trinajstić information content (AvgIpc) is 2.43. The van der Waals surface area contributed by atoms with Crippen molar-refractivity contribution >= 4 is 18.0 Å². The van der Waals surface area contributed by atoms with Crippen molar-refractivity contribution in [2.75, 3.05) is 33.4 Å². The van der Waals surface area contributed by atoms with Crippen molar-refractivity contribution in [3.63, 3.8) is 0 Å². The molecule has 0 aliphatic carbocycles. The molecule has 20 heavy (non-hydrogen) atoms. The largest absolute Gasteiger partial charge is 0.481 e. The van der Waals surface area contributed by atoms with Gasteiger partial charge in [-0.2, -0.15) is 0 Å². The van der Waals surface area contributed by atoms with Crippen LogP contribution in [-0.2, 0) is 19.1 Å². The first-order valence-electron chi connectivity index (χ1n) is 6.23. The van der Waals surface area contributed by atoms with Gasteiger partial charge < -0.3 is 24.8 Å². The van der Waals surface area contributed by atoms with Crippen LogP contribution in [0.3, 0.4) is 0 Å². The maximum Gasteiger partial charge on any atom is 0.331 e. The molecule has 1 saturated heterocycles. The molecule has 0 spiro atoms. The van der Waals surface area contributed by atoms with Crippen LogP contribution in [0.15, 0.2) is 0 Å². The van der Waals surface area contributed by atoms with Crippen LogP contribution in [0.5, 0.6) is 0 Å². The van der Waals surface area contributed by atoms with Gasteiger partial charge in [-0.3, -0.25) is 4.79 Å². The topological polar surface area (TPSA) is 105 Å². The van der Waals surface area contributed by atoms with Gasteiger partial charge in [0.05, 0.1) is 25.7 Å². The summed E-state index contributed by atoms with van der Waals surface area (Å²) in [6.07, 6.45) is 0. The maximum atomic E-state index is 12.1.